The summed E-state index contributed by atoms with van der Waals surface area (Å²) in [6, 6.07) is 21.5. The molecule has 0 aromatic heterocycles. The first-order valence-corrected chi connectivity index (χ1v) is 13.7. The van der Waals surface area contributed by atoms with Crippen LogP contribution >= 0.6 is 0 Å². The van der Waals surface area contributed by atoms with Gasteiger partial charge in [0.1, 0.15) is 0 Å². The van der Waals surface area contributed by atoms with Crippen LogP contribution in [0, 0.1) is 5.92 Å². The van der Waals surface area contributed by atoms with Gasteiger partial charge in [0.15, 0.2) is 0 Å². The molecule has 0 saturated carbocycles. The van der Waals surface area contributed by atoms with Crippen LogP contribution in [0.15, 0.2) is 72.8 Å². The summed E-state index contributed by atoms with van der Waals surface area (Å²) in [5.41, 5.74) is 0.555. The molecule has 0 amide bonds. The van der Waals surface area contributed by atoms with Crippen molar-refractivity contribution in [3.63, 3.8) is 0 Å². The van der Waals surface area contributed by atoms with Gasteiger partial charge in [-0.3, -0.25) is 0 Å². The van der Waals surface area contributed by atoms with E-state index in [1.807, 2.05) is 6.92 Å². The third-order valence-electron chi connectivity index (χ3n) is 6.02. The maximum Gasteiger partial charge on any atom is 0.333 e. The average Bonchev–Trinajstić information content (AvgIpc) is 2.76. The average molecular weight is 453 g/mol. The van der Waals surface area contributed by atoms with Crippen LogP contribution in [0.3, 0.4) is 0 Å². The molecule has 2 rings (SSSR count). The number of carbonyl (C=O) groups is 1. The Balaban J connectivity index is 2.22. The number of hydrogen-bond donors (Lipinski definition) is 0. The zero-order valence-corrected chi connectivity index (χ0v) is 21.7. The monoisotopic (exact) mass is 452 g/mol. The van der Waals surface area contributed by atoms with E-state index in [1.165, 1.54) is 10.4 Å². The van der Waals surface area contributed by atoms with E-state index >= 15 is 0 Å². The normalized spacial score (nSPS) is 13.9. The molecule has 3 nitrogen and oxygen atoms in total. The molecule has 0 spiro atoms. The van der Waals surface area contributed by atoms with Crippen molar-refractivity contribution in [1.29, 1.82) is 0 Å². The minimum absolute atomic E-state index is 0.0339. The molecule has 0 aliphatic rings. The number of rotatable bonds is 11. The Morgan fingerprint density at radius 3 is 1.88 bits per heavy atom. The summed E-state index contributed by atoms with van der Waals surface area (Å²) in [4.78, 5) is 11.9. The van der Waals surface area contributed by atoms with Crippen LogP contribution in [0.1, 0.15) is 60.8 Å². The molecule has 0 bridgehead atoms. The van der Waals surface area contributed by atoms with Gasteiger partial charge in [0.2, 0.25) is 0 Å². The van der Waals surface area contributed by atoms with Crippen molar-refractivity contribution >= 4 is 24.7 Å². The van der Waals surface area contributed by atoms with E-state index in [0.717, 1.165) is 12.8 Å². The number of hydrogen-bond acceptors (Lipinski definition) is 3. The summed E-state index contributed by atoms with van der Waals surface area (Å²) in [6.45, 7) is 17.4. The molecule has 0 aliphatic heterocycles. The highest BCUT2D eigenvalue weighted by Crippen LogP contribution is 2.38. The zero-order valence-electron chi connectivity index (χ0n) is 20.7. The quantitative estimate of drug-likeness (QED) is 0.243. The summed E-state index contributed by atoms with van der Waals surface area (Å²) >= 11 is 0. The first-order valence-electron chi connectivity index (χ1n) is 11.8. The van der Waals surface area contributed by atoms with Crippen molar-refractivity contribution in [2.45, 2.75) is 71.9 Å². The van der Waals surface area contributed by atoms with E-state index in [-0.39, 0.29) is 17.1 Å². The molecule has 174 valence electrons. The maximum atomic E-state index is 11.9. The van der Waals surface area contributed by atoms with Crippen molar-refractivity contribution in [3.8, 4) is 0 Å². The molecular weight excluding hydrogens is 412 g/mol. The fourth-order valence-electron chi connectivity index (χ4n) is 4.41. The van der Waals surface area contributed by atoms with Gasteiger partial charge >= 0.3 is 5.97 Å². The highest BCUT2D eigenvalue weighted by atomic mass is 28.4. The van der Waals surface area contributed by atoms with E-state index in [2.05, 4.69) is 102 Å². The Labute approximate surface area is 196 Å². The molecule has 0 fully saturated rings. The largest absolute Gasteiger partial charge is 0.463 e. The topological polar surface area (TPSA) is 35.5 Å². The molecule has 32 heavy (non-hydrogen) atoms. The van der Waals surface area contributed by atoms with Gasteiger partial charge in [-0.2, -0.15) is 0 Å². The van der Waals surface area contributed by atoms with Gasteiger partial charge in [-0.25, -0.2) is 4.79 Å². The highest BCUT2D eigenvalue weighted by molar-refractivity contribution is 6.99. The fourth-order valence-corrected chi connectivity index (χ4v) is 9.15. The molecule has 0 unspecified atom stereocenters. The third-order valence-corrected chi connectivity index (χ3v) is 11.2. The van der Waals surface area contributed by atoms with Gasteiger partial charge in [0.25, 0.3) is 8.32 Å². The second kappa shape index (κ2) is 11.6. The van der Waals surface area contributed by atoms with Crippen molar-refractivity contribution in [2.24, 2.45) is 5.92 Å². The molecule has 4 heteroatoms. The van der Waals surface area contributed by atoms with Crippen LogP contribution < -0.4 is 10.4 Å². The van der Waals surface area contributed by atoms with Gasteiger partial charge in [0.05, 0.1) is 6.61 Å². The summed E-state index contributed by atoms with van der Waals surface area (Å²) in [5.74, 6) is 0.0630. The zero-order chi connectivity index (χ0) is 23.8. The highest BCUT2D eigenvalue weighted by Gasteiger charge is 2.50. The second-order valence-corrected chi connectivity index (χ2v) is 14.1. The molecule has 0 heterocycles. The van der Waals surface area contributed by atoms with Gasteiger partial charge in [-0.1, -0.05) is 94.9 Å². The van der Waals surface area contributed by atoms with Crippen LogP contribution in [-0.4, -0.2) is 27.0 Å². The Morgan fingerprint density at radius 1 is 0.938 bits per heavy atom. The van der Waals surface area contributed by atoms with Crippen molar-refractivity contribution < 1.29 is 14.0 Å². The molecular formula is C28H40O3Si. The van der Waals surface area contributed by atoms with E-state index < -0.39 is 8.32 Å². The lowest BCUT2D eigenvalue weighted by atomic mass is 9.96. The first kappa shape index (κ1) is 26.1. The van der Waals surface area contributed by atoms with Gasteiger partial charge < -0.3 is 9.16 Å². The summed E-state index contributed by atoms with van der Waals surface area (Å²) in [7, 11) is -2.54. The second-order valence-electron chi connectivity index (χ2n) is 9.80. The van der Waals surface area contributed by atoms with E-state index in [9.17, 15) is 4.79 Å². The van der Waals surface area contributed by atoms with E-state index in [1.54, 1.807) is 0 Å². The minimum atomic E-state index is -2.54. The van der Waals surface area contributed by atoms with Gasteiger partial charge in [-0.15, -0.1) is 0 Å². The van der Waals surface area contributed by atoms with E-state index in [4.69, 9.17) is 9.16 Å². The molecule has 2 aromatic rings. The van der Waals surface area contributed by atoms with Crippen molar-refractivity contribution in [3.05, 3.63) is 72.8 Å². The summed E-state index contributed by atoms with van der Waals surface area (Å²) in [6.07, 6.45) is 2.66. The lowest BCUT2D eigenvalue weighted by Gasteiger charge is -2.44. The Morgan fingerprint density at radius 2 is 1.44 bits per heavy atom. The van der Waals surface area contributed by atoms with Crippen LogP contribution in [0.25, 0.3) is 0 Å². The molecule has 0 saturated heterocycles. The fraction of sp³-hybridized carbons (Fsp3) is 0.464. The Kier molecular flexibility index (Phi) is 9.47. The van der Waals surface area contributed by atoms with E-state index in [0.29, 0.717) is 24.5 Å². The number of ether oxygens (including phenoxy) is 1. The van der Waals surface area contributed by atoms with Crippen LogP contribution in [0.4, 0.5) is 0 Å². The molecule has 0 radical (unpaired) electrons. The smallest absolute Gasteiger partial charge is 0.333 e. The minimum Gasteiger partial charge on any atom is -0.463 e. The molecule has 2 aromatic carbocycles. The predicted molar refractivity (Wildman–Crippen MR) is 137 cm³/mol. The van der Waals surface area contributed by atoms with Gasteiger partial charge in [-0.05, 0) is 54.4 Å². The lowest BCUT2D eigenvalue weighted by Crippen LogP contribution is -2.67. The molecule has 2 atom stereocenters. The first-order chi connectivity index (χ1) is 15.1. The Bertz CT molecular complexity index is 816. The SMILES string of the molecule is C=C(C[C@@H](C)CC[C@@H](C)O[Si](c1ccccc1)(c1ccccc1)C(C)(C)C)C(=O)OCC. The Hall–Kier alpha value is -2.17. The van der Waals surface area contributed by atoms with Crippen LogP contribution in [0.2, 0.25) is 5.04 Å². The standard InChI is InChI=1S/C28H40O3Si/c1-8-30-27(29)23(3)21-22(2)19-20-24(4)31-32(28(5,6)7,25-15-11-9-12-16-25)26-17-13-10-14-18-26/h9-18,22,24H,3,8,19-21H2,1-2,4-7H3/t22-,24+/m0/s1. The van der Waals surface area contributed by atoms with Crippen LogP contribution in [-0.2, 0) is 14.0 Å². The number of carbonyl (C=O) groups excluding carboxylic acids is 1. The third kappa shape index (κ3) is 6.43. The molecule has 0 aliphatic carbocycles. The van der Waals surface area contributed by atoms with Crippen LogP contribution in [0.5, 0.6) is 0 Å². The summed E-state index contributed by atoms with van der Waals surface area (Å²) < 4.78 is 12.2. The summed E-state index contributed by atoms with van der Waals surface area (Å²) in [5, 5.41) is 2.57. The van der Waals surface area contributed by atoms with Gasteiger partial charge in [0, 0.05) is 11.7 Å². The lowest BCUT2D eigenvalue weighted by molar-refractivity contribution is -0.138. The maximum absolute atomic E-state index is 11.9. The predicted octanol–water partition coefficient (Wildman–Crippen LogP) is 5.88. The van der Waals surface area contributed by atoms with Crippen molar-refractivity contribution in [2.75, 3.05) is 6.61 Å². The van der Waals surface area contributed by atoms with Crippen molar-refractivity contribution in [1.82, 2.24) is 0 Å². The number of benzene rings is 2. The number of esters is 1. The molecule has 0 N–H and O–H groups in total.